The number of nitrogens with zero attached hydrogens (tertiary/aromatic N) is 2. The molecule has 5 heteroatoms. The minimum atomic E-state index is -0.516. The van der Waals surface area contributed by atoms with Crippen molar-refractivity contribution in [3.63, 3.8) is 0 Å². The molecule has 1 aromatic rings. The van der Waals surface area contributed by atoms with E-state index in [1.165, 1.54) is 24.3 Å². The first-order valence-electron chi connectivity index (χ1n) is 3.07. The van der Waals surface area contributed by atoms with Crippen molar-refractivity contribution in [2.75, 3.05) is 0 Å². The Kier molecular flexibility index (Phi) is 2.30. The van der Waals surface area contributed by atoms with Gasteiger partial charge in [-0.2, -0.15) is 5.16 Å². The van der Waals surface area contributed by atoms with Gasteiger partial charge in [0.25, 0.3) is 5.69 Å². The van der Waals surface area contributed by atoms with Crippen LogP contribution in [-0.2, 0) is 0 Å². The summed E-state index contributed by atoms with van der Waals surface area (Å²) in [6.45, 7) is 0. The first-order chi connectivity index (χ1) is 5.74. The highest BCUT2D eigenvalue weighted by Crippen LogP contribution is 2.10. The Morgan fingerprint density at radius 1 is 1.33 bits per heavy atom. The van der Waals surface area contributed by atoms with Crippen LogP contribution < -0.4 is 0 Å². The molecule has 0 N–H and O–H groups in total. The maximum absolute atomic E-state index is 10.2. The van der Waals surface area contributed by atoms with Gasteiger partial charge in [-0.15, -0.1) is 0 Å². The molecule has 0 heterocycles. The smallest absolute Gasteiger partial charge is 0.295 e. The van der Waals surface area contributed by atoms with Gasteiger partial charge in [-0.05, 0) is 0 Å². The van der Waals surface area contributed by atoms with E-state index in [0.717, 1.165) is 0 Å². The van der Waals surface area contributed by atoms with Crippen molar-refractivity contribution in [2.24, 2.45) is 5.16 Å². The van der Waals surface area contributed by atoms with Crippen molar-refractivity contribution >= 4 is 11.9 Å². The van der Waals surface area contributed by atoms with Crippen LogP contribution in [0.5, 0.6) is 0 Å². The van der Waals surface area contributed by atoms with E-state index < -0.39 is 4.92 Å². The average molecular weight is 164 g/mol. The fourth-order valence-electron chi connectivity index (χ4n) is 0.710. The summed E-state index contributed by atoms with van der Waals surface area (Å²) >= 11 is 0. The molecule has 0 aliphatic rings. The zero-order chi connectivity index (χ0) is 8.97. The van der Waals surface area contributed by atoms with Crippen molar-refractivity contribution in [1.82, 2.24) is 0 Å². The zero-order valence-electron chi connectivity index (χ0n) is 5.93. The number of nitro benzene ring substituents is 1. The molecule has 0 saturated carbocycles. The van der Waals surface area contributed by atoms with Crippen LogP contribution in [0.15, 0.2) is 29.4 Å². The van der Waals surface area contributed by atoms with Gasteiger partial charge in [-0.3, -0.25) is 10.1 Å². The van der Waals surface area contributed by atoms with E-state index in [0.29, 0.717) is 5.56 Å². The molecule has 60 valence electrons. The van der Waals surface area contributed by atoms with Crippen LogP contribution in [0.1, 0.15) is 5.56 Å². The molecule has 0 spiro atoms. The zero-order valence-corrected chi connectivity index (χ0v) is 5.93. The number of benzene rings is 1. The Morgan fingerprint density at radius 3 is 2.33 bits per heavy atom. The fourth-order valence-corrected chi connectivity index (χ4v) is 0.710. The molecule has 0 atom stereocenters. The third kappa shape index (κ3) is 1.74. The maximum atomic E-state index is 10.2. The van der Waals surface area contributed by atoms with Gasteiger partial charge in [-0.25, -0.2) is 0 Å². The van der Waals surface area contributed by atoms with Gasteiger partial charge in [0, 0.05) is 0 Å². The van der Waals surface area contributed by atoms with E-state index in [4.69, 9.17) is 0 Å². The van der Waals surface area contributed by atoms with Crippen molar-refractivity contribution in [2.45, 2.75) is 0 Å². The Morgan fingerprint density at radius 2 is 1.92 bits per heavy atom. The standard InChI is InChI=1S/C7H4N2O3/c10-8-5-6-1-3-7(4-2-6)9(11)12/h1-4H. The minimum absolute atomic E-state index is 0.0218. The first-order valence-corrected chi connectivity index (χ1v) is 3.07. The lowest BCUT2D eigenvalue weighted by molar-refractivity contribution is -0.384. The van der Waals surface area contributed by atoms with Gasteiger partial charge in [0.15, 0.2) is 6.21 Å². The monoisotopic (exact) mass is 164 g/mol. The van der Waals surface area contributed by atoms with Crippen LogP contribution >= 0.6 is 0 Å². The van der Waals surface area contributed by atoms with Crippen LogP contribution in [-0.4, -0.2) is 11.1 Å². The highest BCUT2D eigenvalue weighted by molar-refractivity contribution is 5.80. The van der Waals surface area contributed by atoms with E-state index in [2.05, 4.69) is 11.4 Å². The van der Waals surface area contributed by atoms with Gasteiger partial charge in [0.05, 0.1) is 29.2 Å². The summed E-state index contributed by atoms with van der Waals surface area (Å²) in [4.78, 5) is 9.65. The fraction of sp³-hybridized carbons (Fsp3) is 0. The Balaban J connectivity index is 2.93. The summed E-state index contributed by atoms with van der Waals surface area (Å²) in [5.74, 6) is 0. The molecule has 0 radical (unpaired) electrons. The molecular formula is C7H4N2O3. The van der Waals surface area contributed by atoms with E-state index in [1.54, 1.807) is 0 Å². The number of hydrogen-bond donors (Lipinski definition) is 0. The Hall–Kier alpha value is -2.00. The highest BCUT2D eigenvalue weighted by atomic mass is 16.6. The van der Waals surface area contributed by atoms with Crippen molar-refractivity contribution in [1.29, 1.82) is 0 Å². The molecular weight excluding hydrogens is 160 g/mol. The molecule has 0 bridgehead atoms. The predicted octanol–water partition coefficient (Wildman–Crippen LogP) is 1.39. The predicted molar refractivity (Wildman–Crippen MR) is 43.0 cm³/mol. The topological polar surface area (TPSA) is 78.6 Å². The Bertz CT molecular complexity index is 305. The summed E-state index contributed by atoms with van der Waals surface area (Å²) < 4.78 is 0. The average Bonchev–Trinajstić information content (AvgIpc) is 2.06. The van der Waals surface area contributed by atoms with Crippen LogP contribution in [0, 0.1) is 15.3 Å². The van der Waals surface area contributed by atoms with Crippen LogP contribution in [0.25, 0.3) is 0 Å². The normalized spacial score (nSPS) is 9.67. The lowest BCUT2D eigenvalue weighted by Gasteiger charge is -1.85. The third-order valence-electron chi connectivity index (χ3n) is 1.25. The summed E-state index contributed by atoms with van der Waals surface area (Å²) in [6.07, 6.45) is 2.12. The van der Waals surface area contributed by atoms with Gasteiger partial charge in [0.2, 0.25) is 5.56 Å². The lowest BCUT2D eigenvalue weighted by Crippen LogP contribution is -1.87. The molecule has 0 aliphatic carbocycles. The molecule has 1 aromatic carbocycles. The molecule has 0 aliphatic heterocycles. The second-order valence-corrected chi connectivity index (χ2v) is 2.01. The SMILES string of the molecule is O=[N+]([O-])c1ccc([C+]=N[O-])cc1. The largest absolute Gasteiger partial charge is 0.772 e. The summed E-state index contributed by atoms with van der Waals surface area (Å²) in [5.41, 5.74) is 0.405. The van der Waals surface area contributed by atoms with Crippen LogP contribution in [0.3, 0.4) is 0 Å². The number of rotatable bonds is 2. The van der Waals surface area contributed by atoms with Crippen LogP contribution in [0.4, 0.5) is 5.69 Å². The molecule has 0 aromatic heterocycles. The van der Waals surface area contributed by atoms with E-state index in [-0.39, 0.29) is 5.69 Å². The number of hydrogen-bond acceptors (Lipinski definition) is 4. The maximum Gasteiger partial charge on any atom is 0.295 e. The van der Waals surface area contributed by atoms with E-state index >= 15 is 0 Å². The van der Waals surface area contributed by atoms with Crippen molar-refractivity contribution < 1.29 is 4.92 Å². The second kappa shape index (κ2) is 3.41. The van der Waals surface area contributed by atoms with Gasteiger partial charge in [-0.1, -0.05) is 0 Å². The summed E-state index contributed by atoms with van der Waals surface area (Å²) in [7, 11) is 0. The first kappa shape index (κ1) is 8.10. The number of non-ortho nitro benzene ring substituents is 1. The van der Waals surface area contributed by atoms with E-state index in [1.807, 2.05) is 0 Å². The molecule has 0 fully saturated rings. The molecule has 12 heavy (non-hydrogen) atoms. The van der Waals surface area contributed by atoms with E-state index in [9.17, 15) is 15.3 Å². The quantitative estimate of drug-likeness (QED) is 0.286. The number of nitro groups is 1. The van der Waals surface area contributed by atoms with Gasteiger partial charge >= 0.3 is 0 Å². The lowest BCUT2D eigenvalue weighted by atomic mass is 10.2. The summed E-state index contributed by atoms with van der Waals surface area (Å²) in [6, 6.07) is 5.38. The molecule has 1 rings (SSSR count). The third-order valence-corrected chi connectivity index (χ3v) is 1.25. The molecule has 5 nitrogen and oxygen atoms in total. The molecule has 0 amide bonds. The van der Waals surface area contributed by atoms with Gasteiger partial charge < -0.3 is 5.21 Å². The van der Waals surface area contributed by atoms with Crippen molar-refractivity contribution in [3.8, 4) is 0 Å². The molecule has 0 saturated heterocycles. The van der Waals surface area contributed by atoms with Crippen molar-refractivity contribution in [3.05, 3.63) is 45.2 Å². The van der Waals surface area contributed by atoms with Gasteiger partial charge in [0.1, 0.15) is 0 Å². The highest BCUT2D eigenvalue weighted by Gasteiger charge is 2.07. The van der Waals surface area contributed by atoms with Crippen LogP contribution in [0.2, 0.25) is 0 Å². The summed E-state index contributed by atoms with van der Waals surface area (Å²) in [5, 5.41) is 22.3. The molecule has 0 unspecified atom stereocenters. The second-order valence-electron chi connectivity index (χ2n) is 2.01. The Labute approximate surface area is 68.1 Å². The minimum Gasteiger partial charge on any atom is -0.772 e.